The Bertz CT molecular complexity index is 1420. The number of rotatable bonds is 5. The lowest BCUT2D eigenvalue weighted by Crippen LogP contribution is -2.53. The molecule has 1 aliphatic heterocycles. The van der Waals surface area contributed by atoms with Crippen LogP contribution in [-0.4, -0.2) is 58.1 Å². The highest BCUT2D eigenvalue weighted by Crippen LogP contribution is 2.44. The number of halogens is 2. The van der Waals surface area contributed by atoms with Crippen LogP contribution in [0.3, 0.4) is 0 Å². The molecule has 0 unspecified atom stereocenters. The average Bonchev–Trinajstić information content (AvgIpc) is 3.26. The lowest BCUT2D eigenvalue weighted by atomic mass is 9.96. The van der Waals surface area contributed by atoms with E-state index in [0.29, 0.717) is 30.6 Å². The summed E-state index contributed by atoms with van der Waals surface area (Å²) in [6.07, 6.45) is 3.85. The van der Waals surface area contributed by atoms with Crippen LogP contribution in [-0.2, 0) is 4.79 Å². The van der Waals surface area contributed by atoms with E-state index < -0.39 is 5.82 Å². The van der Waals surface area contributed by atoms with Gasteiger partial charge in [0.15, 0.2) is 5.82 Å². The first kappa shape index (κ1) is 22.6. The number of phenols is 1. The minimum Gasteiger partial charge on any atom is -0.508 e. The summed E-state index contributed by atoms with van der Waals surface area (Å²) < 4.78 is 20.3. The van der Waals surface area contributed by atoms with E-state index in [1.54, 1.807) is 18.3 Å². The first-order valence-corrected chi connectivity index (χ1v) is 11.9. The molecule has 1 atom stereocenters. The maximum Gasteiger partial charge on any atom is 0.159 e. The standard InChI is InChI=1S/C25H21ClFN3O3S/c26-21-12-20-24(23(27)22(21)19-11-17(33)10-15-4-1-2-5-18(15)19)28-34-25(20)30-8-7-29(6-3-9-31)13-16(30)14-32/h1-6,9-12,16,32-33H,7-8,13-14H2/t16-/m0/s1. The van der Waals surface area contributed by atoms with Crippen LogP contribution >= 0.6 is 23.1 Å². The predicted molar refractivity (Wildman–Crippen MR) is 134 cm³/mol. The highest BCUT2D eigenvalue weighted by atomic mass is 35.5. The zero-order valence-electron chi connectivity index (χ0n) is 18.0. The van der Waals surface area contributed by atoms with Gasteiger partial charge in [0.2, 0.25) is 0 Å². The van der Waals surface area contributed by atoms with Crippen molar-refractivity contribution in [3.63, 3.8) is 0 Å². The van der Waals surface area contributed by atoms with Crippen molar-refractivity contribution in [3.8, 4) is 16.9 Å². The van der Waals surface area contributed by atoms with Crippen LogP contribution in [0.1, 0.15) is 0 Å². The fourth-order valence-corrected chi connectivity index (χ4v) is 5.80. The van der Waals surface area contributed by atoms with E-state index in [1.165, 1.54) is 23.7 Å². The van der Waals surface area contributed by atoms with Crippen LogP contribution in [0.15, 0.2) is 54.7 Å². The van der Waals surface area contributed by atoms with E-state index in [-0.39, 0.29) is 34.5 Å². The van der Waals surface area contributed by atoms with E-state index in [1.807, 2.05) is 34.1 Å². The van der Waals surface area contributed by atoms with Gasteiger partial charge in [-0.1, -0.05) is 35.9 Å². The average molecular weight is 498 g/mol. The molecule has 2 N–H and O–H groups in total. The molecule has 1 aromatic heterocycles. The van der Waals surface area contributed by atoms with Crippen LogP contribution < -0.4 is 4.90 Å². The Balaban J connectivity index is 1.60. The number of aromatic nitrogens is 1. The number of hydrogen-bond acceptors (Lipinski definition) is 7. The molecule has 0 saturated carbocycles. The summed E-state index contributed by atoms with van der Waals surface area (Å²) >= 11 is 7.82. The second kappa shape index (κ2) is 9.21. The lowest BCUT2D eigenvalue weighted by Gasteiger charge is -2.40. The minimum atomic E-state index is -0.547. The number of aliphatic hydroxyl groups excluding tert-OH is 1. The molecule has 34 heavy (non-hydrogen) atoms. The zero-order valence-corrected chi connectivity index (χ0v) is 19.6. The van der Waals surface area contributed by atoms with E-state index in [9.17, 15) is 15.0 Å². The van der Waals surface area contributed by atoms with Gasteiger partial charge in [-0.3, -0.25) is 4.79 Å². The van der Waals surface area contributed by atoms with Gasteiger partial charge in [-0.25, -0.2) is 4.39 Å². The monoisotopic (exact) mass is 497 g/mol. The number of aromatic hydroxyl groups is 1. The Hall–Kier alpha value is -3.20. The third-order valence-electron chi connectivity index (χ3n) is 6.12. The Morgan fingerprint density at radius 2 is 2.03 bits per heavy atom. The topological polar surface area (TPSA) is 76.9 Å². The van der Waals surface area contributed by atoms with Crippen molar-refractivity contribution in [1.82, 2.24) is 9.27 Å². The number of allylic oxidation sites excluding steroid dienone is 1. The number of nitrogens with zero attached hydrogens (tertiary/aromatic N) is 3. The molecule has 1 fully saturated rings. The molecule has 5 rings (SSSR count). The highest BCUT2D eigenvalue weighted by Gasteiger charge is 2.30. The maximum absolute atomic E-state index is 15.9. The number of carbonyl (C=O) groups is 1. The molecule has 0 aliphatic carbocycles. The largest absolute Gasteiger partial charge is 0.508 e. The number of anilines is 1. The Kier molecular flexibility index (Phi) is 6.12. The summed E-state index contributed by atoms with van der Waals surface area (Å²) in [6, 6.07) is 12.0. The van der Waals surface area contributed by atoms with Crippen molar-refractivity contribution in [2.45, 2.75) is 6.04 Å². The third-order valence-corrected chi connectivity index (χ3v) is 7.32. The molecule has 174 valence electrons. The van der Waals surface area contributed by atoms with Crippen LogP contribution in [0.25, 0.3) is 32.8 Å². The number of aliphatic hydroxyl groups is 1. The summed E-state index contributed by atoms with van der Waals surface area (Å²) in [6.45, 7) is 1.63. The first-order valence-electron chi connectivity index (χ1n) is 10.7. The first-order chi connectivity index (χ1) is 16.5. The summed E-state index contributed by atoms with van der Waals surface area (Å²) in [5.41, 5.74) is 0.894. The molecular weight excluding hydrogens is 477 g/mol. The van der Waals surface area contributed by atoms with E-state index >= 15 is 4.39 Å². The van der Waals surface area contributed by atoms with Gasteiger partial charge in [0.1, 0.15) is 22.6 Å². The van der Waals surface area contributed by atoms with Crippen molar-refractivity contribution in [3.05, 3.63) is 65.6 Å². The van der Waals surface area contributed by atoms with Crippen LogP contribution in [0, 0.1) is 5.82 Å². The molecule has 0 spiro atoms. The molecule has 1 saturated heterocycles. The quantitative estimate of drug-likeness (QED) is 0.304. The van der Waals surface area contributed by atoms with Gasteiger partial charge in [0.05, 0.1) is 17.7 Å². The zero-order chi connectivity index (χ0) is 23.8. The molecule has 3 aromatic carbocycles. The number of piperazine rings is 1. The Morgan fingerprint density at radius 3 is 2.82 bits per heavy atom. The molecule has 0 amide bonds. The van der Waals surface area contributed by atoms with Crippen LogP contribution in [0.2, 0.25) is 5.02 Å². The summed E-state index contributed by atoms with van der Waals surface area (Å²) in [5.74, 6) is -0.524. The molecular formula is C25H21ClFN3O3S. The molecule has 0 radical (unpaired) electrons. The molecule has 0 bridgehead atoms. The Labute approximate surface area is 204 Å². The number of phenolic OH excluding ortho intramolecular Hbond substituents is 1. The van der Waals surface area contributed by atoms with Crippen molar-refractivity contribution in [2.75, 3.05) is 31.1 Å². The van der Waals surface area contributed by atoms with Crippen LogP contribution in [0.4, 0.5) is 9.39 Å². The lowest BCUT2D eigenvalue weighted by molar-refractivity contribution is -0.104. The highest BCUT2D eigenvalue weighted by molar-refractivity contribution is 7.11. The van der Waals surface area contributed by atoms with E-state index in [2.05, 4.69) is 4.37 Å². The van der Waals surface area contributed by atoms with Crippen molar-refractivity contribution < 1.29 is 19.4 Å². The second-order valence-electron chi connectivity index (χ2n) is 8.15. The number of benzene rings is 3. The summed E-state index contributed by atoms with van der Waals surface area (Å²) in [7, 11) is 0. The smallest absolute Gasteiger partial charge is 0.159 e. The Morgan fingerprint density at radius 1 is 1.21 bits per heavy atom. The minimum absolute atomic E-state index is 0.0236. The van der Waals surface area contributed by atoms with Crippen LogP contribution in [0.5, 0.6) is 5.75 Å². The number of hydrogen-bond donors (Lipinski definition) is 2. The molecule has 6 nitrogen and oxygen atoms in total. The second-order valence-corrected chi connectivity index (χ2v) is 9.31. The molecule has 9 heteroatoms. The van der Waals surface area contributed by atoms with Crippen molar-refractivity contribution in [1.29, 1.82) is 0 Å². The predicted octanol–water partition coefficient (Wildman–Crippen LogP) is 4.81. The molecule has 4 aromatic rings. The number of fused-ring (bicyclic) bond motifs is 2. The summed E-state index contributed by atoms with van der Waals surface area (Å²) in [5, 5.41) is 23.3. The van der Waals surface area contributed by atoms with Gasteiger partial charge in [-0.15, -0.1) is 0 Å². The van der Waals surface area contributed by atoms with Crippen molar-refractivity contribution >= 4 is 56.1 Å². The van der Waals surface area contributed by atoms with E-state index in [4.69, 9.17) is 11.6 Å². The third kappa shape index (κ3) is 3.87. The van der Waals surface area contributed by atoms with Gasteiger partial charge in [-0.2, -0.15) is 4.37 Å². The fourth-order valence-electron chi connectivity index (χ4n) is 4.55. The number of carbonyl (C=O) groups excluding carboxylic acids is 1. The van der Waals surface area contributed by atoms with Crippen molar-refractivity contribution in [2.24, 2.45) is 0 Å². The molecule has 1 aliphatic rings. The van der Waals surface area contributed by atoms with Gasteiger partial charge >= 0.3 is 0 Å². The normalized spacial score (nSPS) is 16.7. The van der Waals surface area contributed by atoms with Gasteiger partial charge in [0, 0.05) is 36.8 Å². The summed E-state index contributed by atoms with van der Waals surface area (Å²) in [4.78, 5) is 14.6. The molecule has 2 heterocycles. The maximum atomic E-state index is 15.9. The number of aldehydes is 1. The van der Waals surface area contributed by atoms with Gasteiger partial charge < -0.3 is 20.0 Å². The SMILES string of the molecule is O=CC=CN1CCN(c2snc3c(F)c(-c4cc(O)cc5ccccc45)c(Cl)cc23)[C@H](CO)C1. The fraction of sp³-hybridized carbons (Fsp3) is 0.200. The van der Waals surface area contributed by atoms with Gasteiger partial charge in [-0.05, 0) is 52.1 Å². The van der Waals surface area contributed by atoms with E-state index in [0.717, 1.165) is 22.1 Å². The van der Waals surface area contributed by atoms with Gasteiger partial charge in [0.25, 0.3) is 0 Å².